The van der Waals surface area contributed by atoms with Gasteiger partial charge in [-0.25, -0.2) is 4.79 Å². The maximum absolute atomic E-state index is 12.4. The van der Waals surface area contributed by atoms with E-state index in [1.807, 2.05) is 82.3 Å². The molecule has 0 saturated carbocycles. The number of rotatable bonds is 7. The van der Waals surface area contributed by atoms with Crippen molar-refractivity contribution in [3.8, 4) is 0 Å². The van der Waals surface area contributed by atoms with Gasteiger partial charge in [0, 0.05) is 29.2 Å². The van der Waals surface area contributed by atoms with Crippen LogP contribution in [0.15, 0.2) is 60.2 Å². The monoisotopic (exact) mass is 460 g/mol. The van der Waals surface area contributed by atoms with Gasteiger partial charge in [0.15, 0.2) is 6.29 Å². The molecule has 2 N–H and O–H groups in total. The number of H-pyrrole nitrogens is 1. The summed E-state index contributed by atoms with van der Waals surface area (Å²) in [7, 11) is -0.646. The molecule has 1 aliphatic rings. The Morgan fingerprint density at radius 3 is 2.47 bits per heavy atom. The summed E-state index contributed by atoms with van der Waals surface area (Å²) >= 11 is 0. The smallest absolute Gasteiger partial charge is 0.445 e. The molecule has 0 bridgehead atoms. The van der Waals surface area contributed by atoms with Gasteiger partial charge in [-0.2, -0.15) is 0 Å². The van der Waals surface area contributed by atoms with Gasteiger partial charge >= 0.3 is 13.2 Å². The molecule has 1 saturated heterocycles. The third-order valence-electron chi connectivity index (χ3n) is 6.42. The number of benzene rings is 2. The van der Waals surface area contributed by atoms with E-state index >= 15 is 0 Å². The third-order valence-corrected chi connectivity index (χ3v) is 6.42. The molecule has 1 aliphatic heterocycles. The Morgan fingerprint density at radius 2 is 1.79 bits per heavy atom. The predicted molar refractivity (Wildman–Crippen MR) is 132 cm³/mol. The highest BCUT2D eigenvalue weighted by atomic mass is 16.7. The van der Waals surface area contributed by atoms with Crippen LogP contribution < -0.4 is 5.32 Å². The maximum atomic E-state index is 12.4. The van der Waals surface area contributed by atoms with Crippen LogP contribution in [0.1, 0.15) is 49.2 Å². The SMILES string of the molecule is CC1(C)OB(C(=Cc2ccc3[nH]cc(C=O)c3c2)CNC(=O)OCc2ccccc2)OC1(C)C. The molecule has 0 atom stereocenters. The van der Waals surface area contributed by atoms with Gasteiger partial charge in [-0.05, 0) is 56.4 Å². The highest BCUT2D eigenvalue weighted by Crippen LogP contribution is 2.38. The van der Waals surface area contributed by atoms with Gasteiger partial charge in [-0.1, -0.05) is 42.5 Å². The second-order valence-electron chi connectivity index (χ2n) is 9.39. The number of amides is 1. The number of fused-ring (bicyclic) bond motifs is 1. The number of aldehydes is 1. The molecule has 2 heterocycles. The molecule has 1 aromatic heterocycles. The van der Waals surface area contributed by atoms with Gasteiger partial charge in [-0.3, -0.25) is 4.79 Å². The van der Waals surface area contributed by atoms with Gasteiger partial charge in [0.2, 0.25) is 0 Å². The zero-order valence-corrected chi connectivity index (χ0v) is 19.9. The van der Waals surface area contributed by atoms with Gasteiger partial charge in [0.1, 0.15) is 6.61 Å². The lowest BCUT2D eigenvalue weighted by Crippen LogP contribution is -2.41. The summed E-state index contributed by atoms with van der Waals surface area (Å²) in [5.74, 6) is 0. The molecule has 176 valence electrons. The molecule has 8 heteroatoms. The molecule has 0 aliphatic carbocycles. The first-order chi connectivity index (χ1) is 16.2. The number of hydrogen-bond donors (Lipinski definition) is 2. The topological polar surface area (TPSA) is 89.7 Å². The van der Waals surface area contributed by atoms with Crippen molar-refractivity contribution in [2.45, 2.75) is 45.5 Å². The molecule has 0 radical (unpaired) electrons. The third kappa shape index (κ3) is 5.08. The van der Waals surface area contributed by atoms with Crippen LogP contribution in [0, 0.1) is 0 Å². The number of carbonyl (C=O) groups excluding carboxylic acids is 2. The lowest BCUT2D eigenvalue weighted by molar-refractivity contribution is 0.00578. The average molecular weight is 460 g/mol. The van der Waals surface area contributed by atoms with Crippen LogP contribution in [-0.2, 0) is 20.7 Å². The molecule has 2 aromatic carbocycles. The second-order valence-corrected chi connectivity index (χ2v) is 9.39. The summed E-state index contributed by atoms with van der Waals surface area (Å²) in [6.07, 6.45) is 3.90. The van der Waals surface area contributed by atoms with Crippen molar-refractivity contribution in [2.75, 3.05) is 6.54 Å². The lowest BCUT2D eigenvalue weighted by Gasteiger charge is -2.32. The highest BCUT2D eigenvalue weighted by molar-refractivity contribution is 6.56. The van der Waals surface area contributed by atoms with Crippen LogP contribution in [0.3, 0.4) is 0 Å². The highest BCUT2D eigenvalue weighted by Gasteiger charge is 2.52. The van der Waals surface area contributed by atoms with Gasteiger partial charge < -0.3 is 24.3 Å². The van der Waals surface area contributed by atoms with Crippen LogP contribution in [0.25, 0.3) is 17.0 Å². The molecule has 7 nitrogen and oxygen atoms in total. The summed E-state index contributed by atoms with van der Waals surface area (Å²) < 4.78 is 17.8. The van der Waals surface area contributed by atoms with Crippen LogP contribution in [-0.4, -0.2) is 42.2 Å². The van der Waals surface area contributed by atoms with E-state index in [1.165, 1.54) is 0 Å². The summed E-state index contributed by atoms with van der Waals surface area (Å²) in [5.41, 5.74) is 2.91. The van der Waals surface area contributed by atoms with E-state index < -0.39 is 24.4 Å². The second kappa shape index (κ2) is 9.48. The number of alkyl carbamates (subject to hydrolysis) is 1. The Morgan fingerprint density at radius 1 is 1.09 bits per heavy atom. The zero-order chi connectivity index (χ0) is 24.3. The van der Waals surface area contributed by atoms with Crippen molar-refractivity contribution >= 4 is 36.5 Å². The van der Waals surface area contributed by atoms with Crippen molar-refractivity contribution < 1.29 is 23.6 Å². The summed E-state index contributed by atoms with van der Waals surface area (Å²) in [5, 5.41) is 3.63. The number of nitrogens with one attached hydrogen (secondary N) is 2. The lowest BCUT2D eigenvalue weighted by atomic mass is 9.77. The molecule has 3 aromatic rings. The molecule has 1 fully saturated rings. The summed E-state index contributed by atoms with van der Waals surface area (Å²) in [6.45, 7) is 8.28. The minimum absolute atomic E-state index is 0.177. The van der Waals surface area contributed by atoms with Crippen molar-refractivity contribution in [2.24, 2.45) is 0 Å². The first-order valence-corrected chi connectivity index (χ1v) is 11.3. The number of carbonyl (C=O) groups is 2. The fraction of sp³-hybridized carbons (Fsp3) is 0.308. The van der Waals surface area contributed by atoms with Gasteiger partial charge in [0.25, 0.3) is 0 Å². The van der Waals surface area contributed by atoms with Gasteiger partial charge in [-0.15, -0.1) is 0 Å². The van der Waals surface area contributed by atoms with Crippen LogP contribution in [0.2, 0.25) is 0 Å². The standard InChI is InChI=1S/C26H29BN2O5/c1-25(2)26(3,4)34-27(33-25)21(15-29-24(31)32-17-18-8-6-5-7-9-18)12-19-10-11-23-22(13-19)20(16-30)14-28-23/h5-14,16,28H,15,17H2,1-4H3,(H,29,31). The molecule has 0 unspecified atom stereocenters. The summed E-state index contributed by atoms with van der Waals surface area (Å²) in [6, 6.07) is 15.3. The average Bonchev–Trinajstić information content (AvgIpc) is 3.31. The molecule has 1 amide bonds. The normalized spacial score (nSPS) is 17.1. The number of aromatic nitrogens is 1. The van der Waals surface area contributed by atoms with E-state index in [1.54, 1.807) is 6.20 Å². The van der Waals surface area contributed by atoms with Crippen LogP contribution >= 0.6 is 0 Å². The fourth-order valence-corrected chi connectivity index (χ4v) is 3.71. The Hall–Kier alpha value is -3.36. The number of ether oxygens (including phenoxy) is 1. The number of hydrogen-bond acceptors (Lipinski definition) is 5. The molecular weight excluding hydrogens is 431 g/mol. The minimum atomic E-state index is -0.646. The van der Waals surface area contributed by atoms with E-state index in [0.717, 1.165) is 33.8 Å². The first-order valence-electron chi connectivity index (χ1n) is 11.3. The minimum Gasteiger partial charge on any atom is -0.445 e. The van der Waals surface area contributed by atoms with Crippen molar-refractivity contribution in [3.05, 3.63) is 76.9 Å². The van der Waals surface area contributed by atoms with Crippen LogP contribution in [0.4, 0.5) is 4.79 Å². The Labute approximate surface area is 199 Å². The maximum Gasteiger partial charge on any atom is 0.492 e. The molecule has 0 spiro atoms. The zero-order valence-electron chi connectivity index (χ0n) is 19.9. The number of aromatic amines is 1. The van der Waals surface area contributed by atoms with Gasteiger partial charge in [0.05, 0.1) is 11.2 Å². The molecular formula is C26H29BN2O5. The fourth-order valence-electron chi connectivity index (χ4n) is 3.71. The van der Waals surface area contributed by atoms with Crippen molar-refractivity contribution in [1.29, 1.82) is 0 Å². The molecule has 34 heavy (non-hydrogen) atoms. The Kier molecular flexibility index (Phi) is 6.64. The van der Waals surface area contributed by atoms with Crippen molar-refractivity contribution in [3.63, 3.8) is 0 Å². The largest absolute Gasteiger partial charge is 0.492 e. The van der Waals surface area contributed by atoms with E-state index in [0.29, 0.717) is 5.56 Å². The Balaban J connectivity index is 1.55. The predicted octanol–water partition coefficient (Wildman–Crippen LogP) is 4.92. The van der Waals surface area contributed by atoms with E-state index in [2.05, 4.69) is 10.3 Å². The summed E-state index contributed by atoms with van der Waals surface area (Å²) in [4.78, 5) is 26.8. The van der Waals surface area contributed by atoms with Crippen LogP contribution in [0.5, 0.6) is 0 Å². The first kappa shape index (κ1) is 23.8. The molecule has 4 rings (SSSR count). The van der Waals surface area contributed by atoms with Crippen molar-refractivity contribution in [1.82, 2.24) is 10.3 Å². The van der Waals surface area contributed by atoms with E-state index in [-0.39, 0.29) is 13.2 Å². The Bertz CT molecular complexity index is 1200. The quantitative estimate of drug-likeness (QED) is 0.386. The van der Waals surface area contributed by atoms with E-state index in [9.17, 15) is 9.59 Å². The van der Waals surface area contributed by atoms with E-state index in [4.69, 9.17) is 14.0 Å².